The van der Waals surface area contributed by atoms with Gasteiger partial charge in [0.1, 0.15) is 0 Å². The van der Waals surface area contributed by atoms with Crippen molar-refractivity contribution in [2.45, 2.75) is 37.4 Å². The van der Waals surface area contributed by atoms with Crippen LogP contribution in [0.1, 0.15) is 25.7 Å². The zero-order valence-corrected chi connectivity index (χ0v) is 8.87. The second kappa shape index (κ2) is 4.14. The minimum absolute atomic E-state index is 0.0643. The molecule has 1 spiro atoms. The molecule has 0 saturated carbocycles. The molecule has 2 N–H and O–H groups in total. The van der Waals surface area contributed by atoms with Crippen molar-refractivity contribution in [2.75, 3.05) is 26.8 Å². The van der Waals surface area contributed by atoms with E-state index in [9.17, 15) is 0 Å². The largest absolute Gasteiger partial charge is 0.381 e. The molecule has 4 heteroatoms. The Morgan fingerprint density at radius 3 is 2.79 bits per heavy atom. The van der Waals surface area contributed by atoms with Gasteiger partial charge in [-0.05, 0) is 19.3 Å². The van der Waals surface area contributed by atoms with Gasteiger partial charge < -0.3 is 9.47 Å². The first-order chi connectivity index (χ1) is 6.74. The van der Waals surface area contributed by atoms with Gasteiger partial charge in [-0.25, -0.2) is 5.01 Å². The van der Waals surface area contributed by atoms with Gasteiger partial charge in [0.2, 0.25) is 0 Å². The highest BCUT2D eigenvalue weighted by molar-refractivity contribution is 4.91. The Kier molecular flexibility index (Phi) is 3.07. The molecule has 0 aliphatic carbocycles. The van der Waals surface area contributed by atoms with Crippen LogP contribution in [0.25, 0.3) is 0 Å². The lowest BCUT2D eigenvalue weighted by molar-refractivity contribution is -0.149. The van der Waals surface area contributed by atoms with E-state index in [-0.39, 0.29) is 5.60 Å². The van der Waals surface area contributed by atoms with Crippen LogP contribution in [0.4, 0.5) is 0 Å². The Morgan fingerprint density at radius 1 is 1.43 bits per heavy atom. The van der Waals surface area contributed by atoms with Gasteiger partial charge in [-0.2, -0.15) is 0 Å². The summed E-state index contributed by atoms with van der Waals surface area (Å²) in [5.41, 5.74) is 0.0643. The van der Waals surface area contributed by atoms with E-state index in [0.29, 0.717) is 6.10 Å². The molecule has 2 aliphatic heterocycles. The normalized spacial score (nSPS) is 33.4. The zero-order valence-electron chi connectivity index (χ0n) is 8.87. The van der Waals surface area contributed by atoms with Gasteiger partial charge in [0, 0.05) is 33.2 Å². The standard InChI is InChI=1S/C10H20N2O2/c1-13-9-2-7-14-10(8-9)3-5-12(11)6-4-10/h9H,2-8,11H2,1H3. The monoisotopic (exact) mass is 200 g/mol. The molecule has 0 radical (unpaired) electrons. The summed E-state index contributed by atoms with van der Waals surface area (Å²) in [5, 5.41) is 1.88. The number of rotatable bonds is 1. The summed E-state index contributed by atoms with van der Waals surface area (Å²) in [5.74, 6) is 5.74. The Morgan fingerprint density at radius 2 is 2.14 bits per heavy atom. The van der Waals surface area contributed by atoms with Crippen molar-refractivity contribution < 1.29 is 9.47 Å². The number of methoxy groups -OCH3 is 1. The first kappa shape index (κ1) is 10.4. The third kappa shape index (κ3) is 2.08. The van der Waals surface area contributed by atoms with E-state index in [1.807, 2.05) is 5.01 Å². The van der Waals surface area contributed by atoms with Crippen LogP contribution >= 0.6 is 0 Å². The molecule has 2 fully saturated rings. The second-order valence-electron chi connectivity index (χ2n) is 4.42. The highest BCUT2D eigenvalue weighted by atomic mass is 16.5. The molecular weight excluding hydrogens is 180 g/mol. The van der Waals surface area contributed by atoms with Crippen molar-refractivity contribution in [3.63, 3.8) is 0 Å². The highest BCUT2D eigenvalue weighted by Gasteiger charge is 2.39. The lowest BCUT2D eigenvalue weighted by Crippen LogP contribution is -2.52. The molecule has 1 unspecified atom stereocenters. The van der Waals surface area contributed by atoms with Crippen LogP contribution in [0, 0.1) is 0 Å². The van der Waals surface area contributed by atoms with E-state index in [1.54, 1.807) is 7.11 Å². The SMILES string of the molecule is COC1CCOC2(CCN(N)CC2)C1. The summed E-state index contributed by atoms with van der Waals surface area (Å²) in [6, 6.07) is 0. The second-order valence-corrected chi connectivity index (χ2v) is 4.42. The Labute approximate surface area is 85.3 Å². The van der Waals surface area contributed by atoms with E-state index in [2.05, 4.69) is 0 Å². The molecule has 2 saturated heterocycles. The van der Waals surface area contributed by atoms with E-state index in [4.69, 9.17) is 15.3 Å². The van der Waals surface area contributed by atoms with Crippen LogP contribution in [0.3, 0.4) is 0 Å². The van der Waals surface area contributed by atoms with Crippen molar-refractivity contribution in [3.8, 4) is 0 Å². The number of hydrogen-bond donors (Lipinski definition) is 1. The molecular formula is C10H20N2O2. The van der Waals surface area contributed by atoms with Gasteiger partial charge >= 0.3 is 0 Å². The topological polar surface area (TPSA) is 47.7 Å². The van der Waals surface area contributed by atoms with Crippen LogP contribution < -0.4 is 5.84 Å². The van der Waals surface area contributed by atoms with E-state index in [1.165, 1.54) is 0 Å². The molecule has 0 aromatic rings. The third-order valence-electron chi connectivity index (χ3n) is 3.49. The van der Waals surface area contributed by atoms with Crippen LogP contribution in [0.15, 0.2) is 0 Å². The summed E-state index contributed by atoms with van der Waals surface area (Å²) < 4.78 is 11.3. The summed E-state index contributed by atoms with van der Waals surface area (Å²) >= 11 is 0. The lowest BCUT2D eigenvalue weighted by Gasteiger charge is -2.44. The molecule has 14 heavy (non-hydrogen) atoms. The van der Waals surface area contributed by atoms with Crippen LogP contribution in [0.2, 0.25) is 0 Å². The Balaban J connectivity index is 1.94. The molecule has 4 nitrogen and oxygen atoms in total. The van der Waals surface area contributed by atoms with Gasteiger partial charge in [0.15, 0.2) is 0 Å². The van der Waals surface area contributed by atoms with E-state index >= 15 is 0 Å². The number of nitrogens with zero attached hydrogens (tertiary/aromatic N) is 1. The highest BCUT2D eigenvalue weighted by Crippen LogP contribution is 2.35. The summed E-state index contributed by atoms with van der Waals surface area (Å²) in [6.07, 6.45) is 4.54. The molecule has 82 valence electrons. The lowest BCUT2D eigenvalue weighted by atomic mass is 9.84. The first-order valence-corrected chi connectivity index (χ1v) is 5.40. The van der Waals surface area contributed by atoms with Crippen LogP contribution in [-0.2, 0) is 9.47 Å². The minimum atomic E-state index is 0.0643. The smallest absolute Gasteiger partial charge is 0.0732 e. The van der Waals surface area contributed by atoms with Crippen molar-refractivity contribution in [3.05, 3.63) is 0 Å². The van der Waals surface area contributed by atoms with E-state index < -0.39 is 0 Å². The van der Waals surface area contributed by atoms with Gasteiger partial charge in [0.05, 0.1) is 11.7 Å². The molecule has 0 aromatic carbocycles. The van der Waals surface area contributed by atoms with Gasteiger partial charge in [-0.1, -0.05) is 0 Å². The Bertz CT molecular complexity index is 191. The van der Waals surface area contributed by atoms with Gasteiger partial charge in [-0.3, -0.25) is 5.84 Å². The predicted molar refractivity (Wildman–Crippen MR) is 53.7 cm³/mol. The zero-order chi connectivity index (χ0) is 10.0. The van der Waals surface area contributed by atoms with Crippen LogP contribution in [0.5, 0.6) is 0 Å². The van der Waals surface area contributed by atoms with E-state index in [0.717, 1.165) is 45.4 Å². The number of hydrazine groups is 1. The number of nitrogens with two attached hydrogens (primary N) is 1. The average Bonchev–Trinajstić information content (AvgIpc) is 2.23. The Hall–Kier alpha value is -0.160. The summed E-state index contributed by atoms with van der Waals surface area (Å²) in [7, 11) is 1.79. The minimum Gasteiger partial charge on any atom is -0.381 e. The molecule has 0 amide bonds. The molecule has 0 bridgehead atoms. The van der Waals surface area contributed by atoms with Crippen molar-refractivity contribution in [1.82, 2.24) is 5.01 Å². The molecule has 2 heterocycles. The summed E-state index contributed by atoms with van der Waals surface area (Å²) in [4.78, 5) is 0. The van der Waals surface area contributed by atoms with Gasteiger partial charge in [0.25, 0.3) is 0 Å². The molecule has 2 rings (SSSR count). The number of piperidine rings is 1. The van der Waals surface area contributed by atoms with Crippen molar-refractivity contribution >= 4 is 0 Å². The number of ether oxygens (including phenoxy) is 2. The van der Waals surface area contributed by atoms with Crippen LogP contribution in [-0.4, -0.2) is 43.5 Å². The predicted octanol–water partition coefficient (Wildman–Crippen LogP) is 0.520. The quantitative estimate of drug-likeness (QED) is 0.627. The maximum absolute atomic E-state index is 5.92. The molecule has 0 aromatic heterocycles. The fraction of sp³-hybridized carbons (Fsp3) is 1.00. The number of hydrogen-bond acceptors (Lipinski definition) is 4. The van der Waals surface area contributed by atoms with Crippen molar-refractivity contribution in [1.29, 1.82) is 0 Å². The fourth-order valence-electron chi connectivity index (χ4n) is 2.46. The first-order valence-electron chi connectivity index (χ1n) is 5.40. The average molecular weight is 200 g/mol. The van der Waals surface area contributed by atoms with Gasteiger partial charge in [-0.15, -0.1) is 0 Å². The fourth-order valence-corrected chi connectivity index (χ4v) is 2.46. The summed E-state index contributed by atoms with van der Waals surface area (Å²) in [6.45, 7) is 2.72. The molecule has 1 atom stereocenters. The molecule has 2 aliphatic rings. The third-order valence-corrected chi connectivity index (χ3v) is 3.49. The maximum Gasteiger partial charge on any atom is 0.0732 e. The maximum atomic E-state index is 5.92. The van der Waals surface area contributed by atoms with Crippen molar-refractivity contribution in [2.24, 2.45) is 5.84 Å².